The number of nitrogens with zero attached hydrogens (tertiary/aromatic N) is 1. The number of hydrogen-bond donors (Lipinski definition) is 2. The largest absolute Gasteiger partial charge is 0.376 e. The van der Waals surface area contributed by atoms with Gasteiger partial charge in [0.2, 0.25) is 5.91 Å². The maximum absolute atomic E-state index is 13.1. The number of carbonyl (C=O) groups excluding carboxylic acids is 1. The van der Waals surface area contributed by atoms with Crippen molar-refractivity contribution in [2.45, 2.75) is 31.4 Å². The highest BCUT2D eigenvalue weighted by atomic mass is 16.5. The predicted molar refractivity (Wildman–Crippen MR) is 110 cm³/mol. The van der Waals surface area contributed by atoms with E-state index in [0.29, 0.717) is 24.1 Å². The van der Waals surface area contributed by atoms with Gasteiger partial charge in [-0.1, -0.05) is 42.5 Å². The number of nitrogens with one attached hydrogen (secondary N) is 2. The van der Waals surface area contributed by atoms with Crippen LogP contribution in [-0.4, -0.2) is 34.7 Å². The van der Waals surface area contributed by atoms with E-state index in [1.165, 1.54) is 0 Å². The van der Waals surface area contributed by atoms with E-state index in [-0.39, 0.29) is 18.4 Å². The summed E-state index contributed by atoms with van der Waals surface area (Å²) in [5, 5.41) is 3.24. The van der Waals surface area contributed by atoms with Crippen LogP contribution in [0.1, 0.15) is 24.4 Å². The minimum Gasteiger partial charge on any atom is -0.376 e. The lowest BCUT2D eigenvalue weighted by molar-refractivity contribution is -0.125. The molecule has 1 aromatic heterocycles. The molecule has 7 nitrogen and oxygen atoms in total. The molecule has 3 aromatic rings. The third-order valence-corrected chi connectivity index (χ3v) is 5.25. The Kier molecular flexibility index (Phi) is 5.57. The first-order valence-corrected chi connectivity index (χ1v) is 9.80. The standard InChI is InChI=1S/C22H23N3O4/c26-20(23-14-16-9-6-12-29-16)19(13-15-7-2-1-3-8-15)25-21(27)17-10-4-5-11-18(17)24-22(25)28/h1-5,7-8,10-11,16,19H,6,9,12-14H2,(H,23,26)(H,24,28)/t16-,19-/m0/s1. The first-order valence-electron chi connectivity index (χ1n) is 9.80. The van der Waals surface area contributed by atoms with Crippen molar-refractivity contribution in [3.8, 4) is 0 Å². The average molecular weight is 393 g/mol. The molecule has 0 saturated carbocycles. The van der Waals surface area contributed by atoms with Gasteiger partial charge in [-0.25, -0.2) is 9.36 Å². The van der Waals surface area contributed by atoms with Crippen molar-refractivity contribution in [1.29, 1.82) is 0 Å². The van der Waals surface area contributed by atoms with Crippen LogP contribution < -0.4 is 16.6 Å². The van der Waals surface area contributed by atoms with Crippen molar-refractivity contribution in [3.63, 3.8) is 0 Å². The minimum absolute atomic E-state index is 0.0251. The summed E-state index contributed by atoms with van der Waals surface area (Å²) in [5.74, 6) is -0.368. The molecule has 7 heteroatoms. The summed E-state index contributed by atoms with van der Waals surface area (Å²) >= 11 is 0. The molecule has 2 atom stereocenters. The topological polar surface area (TPSA) is 93.2 Å². The van der Waals surface area contributed by atoms with Crippen molar-refractivity contribution >= 4 is 16.8 Å². The van der Waals surface area contributed by atoms with Gasteiger partial charge in [-0.15, -0.1) is 0 Å². The zero-order valence-electron chi connectivity index (χ0n) is 16.0. The fourth-order valence-electron chi connectivity index (χ4n) is 3.74. The van der Waals surface area contributed by atoms with E-state index in [4.69, 9.17) is 4.74 Å². The SMILES string of the molecule is O=C(NC[C@@H]1CCCO1)[C@H](Cc1ccccc1)n1c(=O)[nH]c2ccccc2c1=O. The molecule has 2 aromatic carbocycles. The van der Waals surface area contributed by atoms with Crippen molar-refractivity contribution < 1.29 is 9.53 Å². The zero-order valence-corrected chi connectivity index (χ0v) is 16.0. The smallest absolute Gasteiger partial charge is 0.329 e. The molecule has 1 aliphatic heterocycles. The Hall–Kier alpha value is -3.19. The van der Waals surface area contributed by atoms with E-state index >= 15 is 0 Å². The zero-order chi connectivity index (χ0) is 20.2. The van der Waals surface area contributed by atoms with E-state index in [0.717, 1.165) is 23.0 Å². The lowest BCUT2D eigenvalue weighted by Crippen LogP contribution is -2.46. The fraction of sp³-hybridized carbons (Fsp3) is 0.318. The number of rotatable bonds is 6. The molecule has 2 heterocycles. The minimum atomic E-state index is -0.959. The molecule has 0 aliphatic carbocycles. The molecule has 1 amide bonds. The van der Waals surface area contributed by atoms with Crippen LogP contribution in [-0.2, 0) is 16.0 Å². The number of H-pyrrole nitrogens is 1. The second kappa shape index (κ2) is 8.45. The highest BCUT2D eigenvalue weighted by Crippen LogP contribution is 2.15. The number of para-hydroxylation sites is 1. The summed E-state index contributed by atoms with van der Waals surface area (Å²) in [6, 6.07) is 15.2. The Bertz CT molecular complexity index is 1110. The van der Waals surface area contributed by atoms with Crippen molar-refractivity contribution in [2.24, 2.45) is 0 Å². The van der Waals surface area contributed by atoms with Crippen LogP contribution in [0.2, 0.25) is 0 Å². The molecule has 150 valence electrons. The first kappa shape index (κ1) is 19.1. The van der Waals surface area contributed by atoms with Crippen molar-refractivity contribution in [1.82, 2.24) is 14.9 Å². The highest BCUT2D eigenvalue weighted by Gasteiger charge is 2.26. The number of aromatic nitrogens is 2. The third-order valence-electron chi connectivity index (χ3n) is 5.25. The van der Waals surface area contributed by atoms with Crippen molar-refractivity contribution in [3.05, 3.63) is 81.0 Å². The molecule has 0 spiro atoms. The van der Waals surface area contributed by atoms with Gasteiger partial charge in [-0.3, -0.25) is 9.59 Å². The second-order valence-electron chi connectivity index (χ2n) is 7.24. The van der Waals surface area contributed by atoms with Crippen LogP contribution in [0, 0.1) is 0 Å². The second-order valence-corrected chi connectivity index (χ2v) is 7.24. The van der Waals surface area contributed by atoms with E-state index in [1.54, 1.807) is 24.3 Å². The van der Waals surface area contributed by atoms with E-state index < -0.39 is 17.3 Å². The van der Waals surface area contributed by atoms with Crippen LogP contribution >= 0.6 is 0 Å². The lowest BCUT2D eigenvalue weighted by Gasteiger charge is -2.20. The van der Waals surface area contributed by atoms with Gasteiger partial charge in [-0.05, 0) is 30.5 Å². The predicted octanol–water partition coefficient (Wildman–Crippen LogP) is 1.77. The van der Waals surface area contributed by atoms with Gasteiger partial charge in [0.15, 0.2) is 0 Å². The third kappa shape index (κ3) is 4.14. The van der Waals surface area contributed by atoms with Crippen LogP contribution in [0.15, 0.2) is 64.2 Å². The van der Waals surface area contributed by atoms with Gasteiger partial charge in [0.1, 0.15) is 6.04 Å². The summed E-state index contributed by atoms with van der Waals surface area (Å²) in [6.45, 7) is 1.06. The number of fused-ring (bicyclic) bond motifs is 1. The number of carbonyl (C=O) groups is 1. The number of ether oxygens (including phenoxy) is 1. The maximum Gasteiger partial charge on any atom is 0.329 e. The number of benzene rings is 2. The molecular formula is C22H23N3O4. The first-order chi connectivity index (χ1) is 14.1. The summed E-state index contributed by atoms with van der Waals surface area (Å²) < 4.78 is 6.59. The maximum atomic E-state index is 13.1. The molecule has 29 heavy (non-hydrogen) atoms. The molecular weight excluding hydrogens is 370 g/mol. The molecule has 0 bridgehead atoms. The summed E-state index contributed by atoms with van der Waals surface area (Å²) in [6.07, 6.45) is 2.07. The lowest BCUT2D eigenvalue weighted by atomic mass is 10.0. The molecule has 1 aliphatic rings. The Morgan fingerprint density at radius 3 is 2.66 bits per heavy atom. The van der Waals surface area contributed by atoms with Gasteiger partial charge in [0.25, 0.3) is 5.56 Å². The quantitative estimate of drug-likeness (QED) is 0.668. The Morgan fingerprint density at radius 2 is 1.90 bits per heavy atom. The Labute approximate surface area is 167 Å². The van der Waals surface area contributed by atoms with Crippen LogP contribution in [0.3, 0.4) is 0 Å². The Morgan fingerprint density at radius 1 is 1.14 bits per heavy atom. The summed E-state index contributed by atoms with van der Waals surface area (Å²) in [4.78, 5) is 41.6. The van der Waals surface area contributed by atoms with Gasteiger partial charge in [0, 0.05) is 19.6 Å². The molecule has 2 N–H and O–H groups in total. The van der Waals surface area contributed by atoms with Crippen LogP contribution in [0.25, 0.3) is 10.9 Å². The summed E-state index contributed by atoms with van der Waals surface area (Å²) in [5.41, 5.74) is 0.251. The monoisotopic (exact) mass is 393 g/mol. The fourth-order valence-corrected chi connectivity index (χ4v) is 3.74. The average Bonchev–Trinajstić information content (AvgIpc) is 3.26. The van der Waals surface area contributed by atoms with Gasteiger partial charge >= 0.3 is 5.69 Å². The van der Waals surface area contributed by atoms with Crippen LogP contribution in [0.4, 0.5) is 0 Å². The Balaban J connectivity index is 1.71. The van der Waals surface area contributed by atoms with Crippen LogP contribution in [0.5, 0.6) is 0 Å². The molecule has 0 unspecified atom stereocenters. The van der Waals surface area contributed by atoms with E-state index in [1.807, 2.05) is 30.3 Å². The van der Waals surface area contributed by atoms with E-state index in [2.05, 4.69) is 10.3 Å². The summed E-state index contributed by atoms with van der Waals surface area (Å²) in [7, 11) is 0. The van der Waals surface area contributed by atoms with Gasteiger partial charge in [0.05, 0.1) is 17.0 Å². The molecule has 0 radical (unpaired) electrons. The molecule has 4 rings (SSSR count). The normalized spacial score (nSPS) is 17.3. The number of amides is 1. The number of aromatic amines is 1. The van der Waals surface area contributed by atoms with Gasteiger partial charge < -0.3 is 15.0 Å². The number of hydrogen-bond acceptors (Lipinski definition) is 4. The van der Waals surface area contributed by atoms with E-state index in [9.17, 15) is 14.4 Å². The van der Waals surface area contributed by atoms with Gasteiger partial charge in [-0.2, -0.15) is 0 Å². The molecule has 1 saturated heterocycles. The highest BCUT2D eigenvalue weighted by molar-refractivity contribution is 5.82. The van der Waals surface area contributed by atoms with Crippen molar-refractivity contribution in [2.75, 3.05) is 13.2 Å². The molecule has 1 fully saturated rings.